The van der Waals surface area contributed by atoms with Gasteiger partial charge >= 0.3 is 0 Å². The van der Waals surface area contributed by atoms with Gasteiger partial charge in [-0.05, 0) is 24.0 Å². The zero-order valence-corrected chi connectivity index (χ0v) is 10.1. The Kier molecular flexibility index (Phi) is 3.27. The van der Waals surface area contributed by atoms with Crippen LogP contribution in [0.1, 0.15) is 34.1 Å². The van der Waals surface area contributed by atoms with Crippen LogP contribution in [-0.2, 0) is 14.4 Å². The van der Waals surface area contributed by atoms with E-state index < -0.39 is 11.6 Å². The summed E-state index contributed by atoms with van der Waals surface area (Å²) in [5, 5.41) is 0. The van der Waals surface area contributed by atoms with Crippen LogP contribution in [0.2, 0.25) is 0 Å². The number of carbonyl (C=O) groups excluding carboxylic acids is 3. The van der Waals surface area contributed by atoms with Gasteiger partial charge in [-0.1, -0.05) is 26.8 Å². The molecule has 1 aliphatic rings. The lowest BCUT2D eigenvalue weighted by Gasteiger charge is -2.23. The summed E-state index contributed by atoms with van der Waals surface area (Å²) < 4.78 is 0. The van der Waals surface area contributed by atoms with Gasteiger partial charge in [0.05, 0.1) is 0 Å². The van der Waals surface area contributed by atoms with E-state index in [4.69, 9.17) is 0 Å². The molecule has 1 rings (SSSR count). The number of allylic oxidation sites excluding steroid dienone is 4. The number of hydrogen-bond acceptors (Lipinski definition) is 3. The average molecular weight is 220 g/mol. The Morgan fingerprint density at radius 1 is 1.19 bits per heavy atom. The first kappa shape index (κ1) is 12.6. The van der Waals surface area contributed by atoms with E-state index in [0.29, 0.717) is 5.57 Å². The van der Waals surface area contributed by atoms with E-state index in [1.165, 1.54) is 13.0 Å². The van der Waals surface area contributed by atoms with Gasteiger partial charge < -0.3 is 0 Å². The van der Waals surface area contributed by atoms with Crippen molar-refractivity contribution in [2.75, 3.05) is 0 Å². The number of rotatable bonds is 2. The molecular formula is C13H16O3. The molecule has 0 saturated heterocycles. The van der Waals surface area contributed by atoms with Crippen LogP contribution in [0.4, 0.5) is 0 Å². The summed E-state index contributed by atoms with van der Waals surface area (Å²) in [5.41, 5.74) is 0.913. The molecule has 0 fully saturated rings. The smallest absolute Gasteiger partial charge is 0.229 e. The Balaban J connectivity index is 3.12. The zero-order valence-electron chi connectivity index (χ0n) is 10.1. The van der Waals surface area contributed by atoms with E-state index in [9.17, 15) is 14.4 Å². The lowest BCUT2D eigenvalue weighted by Crippen LogP contribution is -2.23. The van der Waals surface area contributed by atoms with Crippen molar-refractivity contribution in [3.63, 3.8) is 0 Å². The Morgan fingerprint density at radius 3 is 2.19 bits per heavy atom. The summed E-state index contributed by atoms with van der Waals surface area (Å²) in [6.07, 6.45) is 3.08. The first-order chi connectivity index (χ1) is 7.21. The van der Waals surface area contributed by atoms with Gasteiger partial charge in [0.2, 0.25) is 11.6 Å². The fourth-order valence-electron chi connectivity index (χ4n) is 1.49. The highest BCUT2D eigenvalue weighted by Gasteiger charge is 2.27. The van der Waals surface area contributed by atoms with E-state index in [-0.39, 0.29) is 17.6 Å². The maximum Gasteiger partial charge on any atom is 0.229 e. The second kappa shape index (κ2) is 4.16. The molecule has 0 saturated carbocycles. The maximum absolute atomic E-state index is 11.5. The molecule has 86 valence electrons. The second-order valence-corrected chi connectivity index (χ2v) is 5.09. The van der Waals surface area contributed by atoms with Crippen molar-refractivity contribution in [3.8, 4) is 0 Å². The first-order valence-electron chi connectivity index (χ1n) is 5.22. The van der Waals surface area contributed by atoms with Crippen molar-refractivity contribution in [1.82, 2.24) is 0 Å². The molecule has 1 aliphatic carbocycles. The van der Waals surface area contributed by atoms with Crippen LogP contribution < -0.4 is 0 Å². The molecular weight excluding hydrogens is 204 g/mol. The fraction of sp³-hybridized carbons (Fsp3) is 0.462. The normalized spacial score (nSPS) is 17.0. The highest BCUT2D eigenvalue weighted by atomic mass is 16.2. The van der Waals surface area contributed by atoms with Crippen molar-refractivity contribution in [2.45, 2.75) is 34.1 Å². The number of hydrogen-bond donors (Lipinski definition) is 0. The molecule has 0 heterocycles. The summed E-state index contributed by atoms with van der Waals surface area (Å²) in [6, 6.07) is 0. The topological polar surface area (TPSA) is 51.2 Å². The third-order valence-electron chi connectivity index (χ3n) is 2.44. The predicted molar refractivity (Wildman–Crippen MR) is 60.9 cm³/mol. The molecule has 3 nitrogen and oxygen atoms in total. The number of ketones is 3. The molecule has 0 aliphatic heterocycles. The summed E-state index contributed by atoms with van der Waals surface area (Å²) >= 11 is 0. The van der Waals surface area contributed by atoms with Gasteiger partial charge in [-0.3, -0.25) is 14.4 Å². The van der Waals surface area contributed by atoms with Crippen molar-refractivity contribution in [3.05, 3.63) is 23.3 Å². The molecule has 3 heteroatoms. The third kappa shape index (κ3) is 2.75. The zero-order chi connectivity index (χ0) is 12.5. The summed E-state index contributed by atoms with van der Waals surface area (Å²) in [5.74, 6) is -1.19. The molecule has 0 N–H and O–H groups in total. The van der Waals surface area contributed by atoms with Crippen molar-refractivity contribution in [1.29, 1.82) is 0 Å². The molecule has 0 unspecified atom stereocenters. The number of carbonyl (C=O) groups is 3. The van der Waals surface area contributed by atoms with Gasteiger partial charge in [0.15, 0.2) is 0 Å². The van der Waals surface area contributed by atoms with Crippen LogP contribution in [0.3, 0.4) is 0 Å². The lowest BCUT2D eigenvalue weighted by molar-refractivity contribution is -0.132. The van der Waals surface area contributed by atoms with Crippen LogP contribution >= 0.6 is 0 Å². The Morgan fingerprint density at radius 2 is 1.75 bits per heavy atom. The second-order valence-electron chi connectivity index (χ2n) is 5.09. The van der Waals surface area contributed by atoms with Gasteiger partial charge in [-0.15, -0.1) is 0 Å². The van der Waals surface area contributed by atoms with Gasteiger partial charge in [-0.2, -0.15) is 0 Å². The average Bonchev–Trinajstić information content (AvgIpc) is 2.10. The molecule has 0 bridgehead atoms. The molecule has 0 spiro atoms. The summed E-state index contributed by atoms with van der Waals surface area (Å²) in [7, 11) is 0. The monoisotopic (exact) mass is 220 g/mol. The molecule has 0 radical (unpaired) electrons. The molecule has 0 atom stereocenters. The predicted octanol–water partition coefficient (Wildman–Crippen LogP) is 2.02. The van der Waals surface area contributed by atoms with Crippen molar-refractivity contribution in [2.24, 2.45) is 5.41 Å². The van der Waals surface area contributed by atoms with E-state index in [2.05, 4.69) is 0 Å². The first-order valence-corrected chi connectivity index (χ1v) is 5.22. The van der Waals surface area contributed by atoms with Crippen LogP contribution in [-0.4, -0.2) is 17.3 Å². The Labute approximate surface area is 95.2 Å². The van der Waals surface area contributed by atoms with Crippen LogP contribution in [0.25, 0.3) is 0 Å². The van der Waals surface area contributed by atoms with E-state index in [1.54, 1.807) is 6.08 Å². The SMILES string of the molecule is CC(=O)CC1=CC(C(C)(C)C)=CC(=O)C1=O. The number of Topliss-reactive ketones (excluding diaryl/α,β-unsaturated/α-hetero) is 2. The highest BCUT2D eigenvalue weighted by Crippen LogP contribution is 2.30. The molecule has 16 heavy (non-hydrogen) atoms. The minimum absolute atomic E-state index is 0.0397. The highest BCUT2D eigenvalue weighted by molar-refractivity contribution is 6.48. The standard InChI is InChI=1S/C13H16O3/c1-8(14)5-9-6-10(13(2,3)4)7-11(15)12(9)16/h6-7H,5H2,1-4H3. The summed E-state index contributed by atoms with van der Waals surface area (Å²) in [6.45, 7) is 7.30. The third-order valence-corrected chi connectivity index (χ3v) is 2.44. The van der Waals surface area contributed by atoms with E-state index >= 15 is 0 Å². The van der Waals surface area contributed by atoms with Gasteiger partial charge in [-0.25, -0.2) is 0 Å². The molecule has 0 aromatic heterocycles. The minimum atomic E-state index is -0.553. The largest absolute Gasteiger partial charge is 0.300 e. The lowest BCUT2D eigenvalue weighted by atomic mass is 9.80. The van der Waals surface area contributed by atoms with Crippen molar-refractivity contribution >= 4 is 17.3 Å². The maximum atomic E-state index is 11.5. The summed E-state index contributed by atoms with van der Waals surface area (Å²) in [4.78, 5) is 34.0. The minimum Gasteiger partial charge on any atom is -0.300 e. The Bertz CT molecular complexity index is 417. The van der Waals surface area contributed by atoms with Gasteiger partial charge in [0.25, 0.3) is 0 Å². The van der Waals surface area contributed by atoms with E-state index in [1.807, 2.05) is 20.8 Å². The molecule has 0 aromatic carbocycles. The van der Waals surface area contributed by atoms with E-state index in [0.717, 1.165) is 5.57 Å². The van der Waals surface area contributed by atoms with Crippen LogP contribution in [0.5, 0.6) is 0 Å². The van der Waals surface area contributed by atoms with Crippen LogP contribution in [0.15, 0.2) is 23.3 Å². The van der Waals surface area contributed by atoms with Gasteiger partial charge in [0.1, 0.15) is 5.78 Å². The molecule has 0 amide bonds. The fourth-order valence-corrected chi connectivity index (χ4v) is 1.49. The molecule has 0 aromatic rings. The van der Waals surface area contributed by atoms with Crippen LogP contribution in [0, 0.1) is 5.41 Å². The quantitative estimate of drug-likeness (QED) is 0.528. The van der Waals surface area contributed by atoms with Crippen molar-refractivity contribution < 1.29 is 14.4 Å². The van der Waals surface area contributed by atoms with Gasteiger partial charge in [0, 0.05) is 12.0 Å². The Hall–Kier alpha value is -1.51.